The fourth-order valence-electron chi connectivity index (χ4n) is 2.55. The first kappa shape index (κ1) is 16.8. The van der Waals surface area contributed by atoms with Gasteiger partial charge >= 0.3 is 0 Å². The molecule has 1 N–H and O–H groups in total. The molecule has 0 radical (unpaired) electrons. The zero-order valence-electron chi connectivity index (χ0n) is 13.7. The van der Waals surface area contributed by atoms with E-state index < -0.39 is 0 Å². The third kappa shape index (κ3) is 3.36. The van der Waals surface area contributed by atoms with Crippen LogP contribution in [0.15, 0.2) is 56.9 Å². The Kier molecular flexibility index (Phi) is 4.48. The van der Waals surface area contributed by atoms with E-state index in [9.17, 15) is 4.79 Å². The molecule has 0 aliphatic heterocycles. The van der Waals surface area contributed by atoms with E-state index in [2.05, 4.69) is 20.2 Å². The molecule has 0 bridgehead atoms. The SMILES string of the molecule is Cc1ccccc1-c1nnc(SCc2nc3ccc(Cl)cc3c(=O)[nH]2)o1. The summed E-state index contributed by atoms with van der Waals surface area (Å²) in [6, 6.07) is 12.8. The molecule has 130 valence electrons. The molecule has 0 amide bonds. The molecule has 6 nitrogen and oxygen atoms in total. The maximum absolute atomic E-state index is 12.2. The van der Waals surface area contributed by atoms with Crippen LogP contribution in [0.4, 0.5) is 0 Å². The Morgan fingerprint density at radius 3 is 2.88 bits per heavy atom. The topological polar surface area (TPSA) is 84.7 Å². The van der Waals surface area contributed by atoms with Crippen LogP contribution in [0, 0.1) is 6.92 Å². The van der Waals surface area contributed by atoms with Crippen molar-refractivity contribution in [2.45, 2.75) is 17.9 Å². The molecular formula is C18H13ClN4O2S. The van der Waals surface area contributed by atoms with Gasteiger partial charge in [-0.1, -0.05) is 41.6 Å². The fourth-order valence-corrected chi connectivity index (χ4v) is 3.35. The molecule has 26 heavy (non-hydrogen) atoms. The van der Waals surface area contributed by atoms with Crippen molar-refractivity contribution in [2.75, 3.05) is 0 Å². The first-order valence-electron chi connectivity index (χ1n) is 7.81. The summed E-state index contributed by atoms with van der Waals surface area (Å²) in [7, 11) is 0. The summed E-state index contributed by atoms with van der Waals surface area (Å²) in [6.45, 7) is 1.99. The molecule has 0 saturated carbocycles. The second kappa shape index (κ2) is 6.93. The highest BCUT2D eigenvalue weighted by Crippen LogP contribution is 2.26. The zero-order chi connectivity index (χ0) is 18.1. The van der Waals surface area contributed by atoms with Crippen LogP contribution in [0.3, 0.4) is 0 Å². The van der Waals surface area contributed by atoms with Crippen molar-refractivity contribution in [2.24, 2.45) is 0 Å². The van der Waals surface area contributed by atoms with Crippen molar-refractivity contribution < 1.29 is 4.42 Å². The van der Waals surface area contributed by atoms with Crippen molar-refractivity contribution in [1.82, 2.24) is 20.2 Å². The highest BCUT2D eigenvalue weighted by molar-refractivity contribution is 7.98. The molecule has 2 aromatic heterocycles. The molecule has 0 unspecified atom stereocenters. The summed E-state index contributed by atoms with van der Waals surface area (Å²) in [5, 5.41) is 9.53. The second-order valence-electron chi connectivity index (χ2n) is 5.65. The van der Waals surface area contributed by atoms with Gasteiger partial charge in [-0.3, -0.25) is 4.79 Å². The predicted molar refractivity (Wildman–Crippen MR) is 101 cm³/mol. The lowest BCUT2D eigenvalue weighted by Crippen LogP contribution is -2.11. The average molecular weight is 385 g/mol. The van der Waals surface area contributed by atoms with Gasteiger partial charge in [-0.25, -0.2) is 4.98 Å². The third-order valence-electron chi connectivity index (χ3n) is 3.83. The van der Waals surface area contributed by atoms with Crippen LogP contribution in [0.5, 0.6) is 0 Å². The molecule has 0 saturated heterocycles. The Morgan fingerprint density at radius 2 is 2.04 bits per heavy atom. The van der Waals surface area contributed by atoms with Crippen LogP contribution in [0.25, 0.3) is 22.4 Å². The fraction of sp³-hybridized carbons (Fsp3) is 0.111. The average Bonchev–Trinajstić information content (AvgIpc) is 3.10. The summed E-state index contributed by atoms with van der Waals surface area (Å²) in [5.74, 6) is 1.41. The molecule has 0 spiro atoms. The summed E-state index contributed by atoms with van der Waals surface area (Å²) in [4.78, 5) is 19.4. The van der Waals surface area contributed by atoms with E-state index in [1.54, 1.807) is 18.2 Å². The summed E-state index contributed by atoms with van der Waals surface area (Å²) in [6.07, 6.45) is 0. The first-order valence-corrected chi connectivity index (χ1v) is 9.17. The molecule has 0 aliphatic rings. The number of thioether (sulfide) groups is 1. The van der Waals surface area contributed by atoms with E-state index in [1.165, 1.54) is 11.8 Å². The van der Waals surface area contributed by atoms with E-state index in [0.717, 1.165) is 11.1 Å². The van der Waals surface area contributed by atoms with Gasteiger partial charge in [-0.15, -0.1) is 10.2 Å². The van der Waals surface area contributed by atoms with Crippen molar-refractivity contribution in [3.63, 3.8) is 0 Å². The lowest BCUT2D eigenvalue weighted by Gasteiger charge is -2.02. The van der Waals surface area contributed by atoms with Gasteiger partial charge in [0.05, 0.1) is 16.7 Å². The summed E-state index contributed by atoms with van der Waals surface area (Å²) in [5.41, 5.74) is 2.34. The van der Waals surface area contributed by atoms with Crippen LogP contribution >= 0.6 is 23.4 Å². The number of aromatic nitrogens is 4. The number of hydrogen-bond donors (Lipinski definition) is 1. The second-order valence-corrected chi connectivity index (χ2v) is 7.01. The molecule has 4 rings (SSSR count). The Balaban J connectivity index is 1.55. The molecule has 2 aromatic carbocycles. The van der Waals surface area contributed by atoms with E-state index >= 15 is 0 Å². The van der Waals surface area contributed by atoms with Gasteiger partial charge in [0.15, 0.2) is 0 Å². The van der Waals surface area contributed by atoms with Crippen LogP contribution in [-0.2, 0) is 5.75 Å². The number of nitrogens with zero attached hydrogens (tertiary/aromatic N) is 3. The van der Waals surface area contributed by atoms with Crippen molar-refractivity contribution in [3.8, 4) is 11.5 Å². The Hall–Kier alpha value is -2.64. The van der Waals surface area contributed by atoms with E-state index in [-0.39, 0.29) is 5.56 Å². The number of rotatable bonds is 4. The van der Waals surface area contributed by atoms with Crippen molar-refractivity contribution in [3.05, 3.63) is 69.2 Å². The number of H-pyrrole nitrogens is 1. The summed E-state index contributed by atoms with van der Waals surface area (Å²) < 4.78 is 5.71. The Morgan fingerprint density at radius 1 is 1.19 bits per heavy atom. The number of aryl methyl sites for hydroxylation is 1. The molecule has 4 aromatic rings. The van der Waals surface area contributed by atoms with Gasteiger partial charge in [0.25, 0.3) is 10.8 Å². The number of hydrogen-bond acceptors (Lipinski definition) is 6. The van der Waals surface area contributed by atoms with Crippen LogP contribution in [-0.4, -0.2) is 20.2 Å². The molecule has 8 heteroatoms. The smallest absolute Gasteiger partial charge is 0.277 e. The lowest BCUT2D eigenvalue weighted by molar-refractivity contribution is 0.465. The highest BCUT2D eigenvalue weighted by atomic mass is 35.5. The van der Waals surface area contributed by atoms with Crippen LogP contribution in [0.2, 0.25) is 5.02 Å². The lowest BCUT2D eigenvalue weighted by atomic mass is 10.1. The molecule has 0 atom stereocenters. The molecule has 0 fully saturated rings. The standard InChI is InChI=1S/C18H13ClN4O2S/c1-10-4-2-3-5-12(10)17-22-23-18(25-17)26-9-15-20-14-7-6-11(19)8-13(14)16(24)21-15/h2-8H,9H2,1H3,(H,20,21,24). The van der Waals surface area contributed by atoms with E-state index in [0.29, 0.717) is 38.6 Å². The summed E-state index contributed by atoms with van der Waals surface area (Å²) >= 11 is 7.24. The van der Waals surface area contributed by atoms with Gasteiger partial charge in [-0.05, 0) is 36.8 Å². The highest BCUT2D eigenvalue weighted by Gasteiger charge is 2.12. The number of halogens is 1. The Labute approximate surface area is 157 Å². The van der Waals surface area contributed by atoms with Gasteiger partial charge < -0.3 is 9.40 Å². The monoisotopic (exact) mass is 384 g/mol. The van der Waals surface area contributed by atoms with E-state index in [4.69, 9.17) is 16.0 Å². The quantitative estimate of drug-likeness (QED) is 0.530. The molecular weight excluding hydrogens is 372 g/mol. The minimum atomic E-state index is -0.223. The normalized spacial score (nSPS) is 11.2. The van der Waals surface area contributed by atoms with Gasteiger partial charge in [0.1, 0.15) is 5.82 Å². The maximum atomic E-state index is 12.2. The van der Waals surface area contributed by atoms with Crippen LogP contribution < -0.4 is 5.56 Å². The predicted octanol–water partition coefficient (Wildman–Crippen LogP) is 4.23. The van der Waals surface area contributed by atoms with E-state index in [1.807, 2.05) is 31.2 Å². The minimum absolute atomic E-state index is 0.223. The van der Waals surface area contributed by atoms with Gasteiger partial charge in [0, 0.05) is 10.6 Å². The van der Waals surface area contributed by atoms with Gasteiger partial charge in [0.2, 0.25) is 5.89 Å². The van der Waals surface area contributed by atoms with Crippen molar-refractivity contribution >= 4 is 34.3 Å². The minimum Gasteiger partial charge on any atom is -0.411 e. The Bertz CT molecular complexity index is 1160. The number of fused-ring (bicyclic) bond motifs is 1. The first-order chi connectivity index (χ1) is 12.6. The molecule has 0 aliphatic carbocycles. The van der Waals surface area contributed by atoms with Crippen LogP contribution in [0.1, 0.15) is 11.4 Å². The number of aromatic amines is 1. The zero-order valence-corrected chi connectivity index (χ0v) is 15.3. The molecule has 2 heterocycles. The number of benzene rings is 2. The third-order valence-corrected chi connectivity index (χ3v) is 4.90. The van der Waals surface area contributed by atoms with Gasteiger partial charge in [-0.2, -0.15) is 0 Å². The number of nitrogens with one attached hydrogen (secondary N) is 1. The largest absolute Gasteiger partial charge is 0.411 e. The maximum Gasteiger partial charge on any atom is 0.277 e. The van der Waals surface area contributed by atoms with Crippen molar-refractivity contribution in [1.29, 1.82) is 0 Å².